The van der Waals surface area contributed by atoms with Gasteiger partial charge in [-0.2, -0.15) is 4.98 Å². The van der Waals surface area contributed by atoms with Crippen LogP contribution in [-0.4, -0.2) is 74.1 Å². The van der Waals surface area contributed by atoms with Gasteiger partial charge in [-0.1, -0.05) is 0 Å². The van der Waals surface area contributed by atoms with Crippen LogP contribution >= 0.6 is 0 Å². The van der Waals surface area contributed by atoms with Crippen LogP contribution < -0.4 is 15.0 Å². The van der Waals surface area contributed by atoms with Crippen LogP contribution in [0.25, 0.3) is 5.65 Å². The lowest BCUT2D eigenvalue weighted by molar-refractivity contribution is 0.102. The Kier molecular flexibility index (Phi) is 5.80. The van der Waals surface area contributed by atoms with Gasteiger partial charge in [-0.25, -0.2) is 14.8 Å². The first-order chi connectivity index (χ1) is 15.4. The van der Waals surface area contributed by atoms with Gasteiger partial charge in [0.15, 0.2) is 0 Å². The van der Waals surface area contributed by atoms with Crippen LogP contribution in [0.2, 0.25) is 0 Å². The Labute approximate surface area is 184 Å². The van der Waals surface area contributed by atoms with Gasteiger partial charge in [0.25, 0.3) is 5.91 Å². The molecule has 3 aromatic heterocycles. The number of aryl methyl sites for hydroxylation is 1. The lowest BCUT2D eigenvalue weighted by Crippen LogP contribution is -2.38. The molecule has 0 unspecified atom stereocenters. The number of pyridine rings is 1. The molecule has 11 heteroatoms. The maximum atomic E-state index is 12.9. The summed E-state index contributed by atoms with van der Waals surface area (Å²) in [5, 5.41) is 12.0. The van der Waals surface area contributed by atoms with Crippen molar-refractivity contribution in [2.75, 3.05) is 37.0 Å². The number of fused-ring (bicyclic) bond motifs is 1. The summed E-state index contributed by atoms with van der Waals surface area (Å²) in [6.07, 6.45) is 4.81. The topological polar surface area (TPSA) is 125 Å². The third-order valence-corrected chi connectivity index (χ3v) is 5.39. The average molecular weight is 439 g/mol. The third kappa shape index (κ3) is 4.27. The molecule has 0 aromatic carbocycles. The number of hydrogen-bond donors (Lipinski definition) is 2. The maximum absolute atomic E-state index is 12.9. The zero-order chi connectivity index (χ0) is 22.8. The number of carbonyl (C=O) groups is 2. The van der Waals surface area contributed by atoms with Gasteiger partial charge >= 0.3 is 6.09 Å². The molecule has 32 heavy (non-hydrogen) atoms. The molecule has 2 amide bonds. The van der Waals surface area contributed by atoms with Crippen molar-refractivity contribution in [1.82, 2.24) is 24.3 Å². The number of amides is 2. The monoisotopic (exact) mass is 439 g/mol. The summed E-state index contributed by atoms with van der Waals surface area (Å²) < 4.78 is 7.46. The van der Waals surface area contributed by atoms with Crippen LogP contribution in [0.15, 0.2) is 30.7 Å². The van der Waals surface area contributed by atoms with Crippen LogP contribution in [0.3, 0.4) is 0 Å². The minimum atomic E-state index is -0.969. The summed E-state index contributed by atoms with van der Waals surface area (Å²) >= 11 is 0. The van der Waals surface area contributed by atoms with E-state index < -0.39 is 6.09 Å². The van der Waals surface area contributed by atoms with E-state index in [1.165, 1.54) is 11.1 Å². The van der Waals surface area contributed by atoms with E-state index >= 15 is 0 Å². The van der Waals surface area contributed by atoms with Crippen molar-refractivity contribution in [2.45, 2.75) is 26.3 Å². The number of aromatic nitrogens is 4. The number of carbonyl (C=O) groups excluding carboxylic acids is 1. The zero-order valence-electron chi connectivity index (χ0n) is 18.1. The van der Waals surface area contributed by atoms with Gasteiger partial charge in [-0.3, -0.25) is 4.79 Å². The van der Waals surface area contributed by atoms with Crippen molar-refractivity contribution in [3.63, 3.8) is 0 Å². The predicted octanol–water partition coefficient (Wildman–Crippen LogP) is 2.27. The van der Waals surface area contributed by atoms with Crippen LogP contribution in [0, 0.1) is 6.92 Å². The molecule has 1 fully saturated rings. The Hall–Kier alpha value is -3.89. The molecule has 2 N–H and O–H groups in total. The van der Waals surface area contributed by atoms with Crippen LogP contribution in [0.5, 0.6) is 5.88 Å². The van der Waals surface area contributed by atoms with Crippen molar-refractivity contribution in [3.05, 3.63) is 42.0 Å². The van der Waals surface area contributed by atoms with Crippen molar-refractivity contribution in [2.24, 2.45) is 0 Å². The second-order valence-electron chi connectivity index (χ2n) is 7.62. The molecular formula is C21H25N7O4. The molecule has 1 aliphatic rings. The van der Waals surface area contributed by atoms with Crippen molar-refractivity contribution in [3.8, 4) is 5.88 Å². The summed E-state index contributed by atoms with van der Waals surface area (Å²) in [6, 6.07) is 3.46. The van der Waals surface area contributed by atoms with E-state index in [0.717, 1.165) is 11.3 Å². The number of nitrogens with zero attached hydrogens (tertiary/aromatic N) is 6. The smallest absolute Gasteiger partial charge is 0.407 e. The van der Waals surface area contributed by atoms with Crippen molar-refractivity contribution >= 4 is 29.3 Å². The first kappa shape index (κ1) is 21.3. The fraction of sp³-hybridized carbons (Fsp3) is 0.381. The Morgan fingerprint density at radius 3 is 2.88 bits per heavy atom. The number of likely N-dealkylation sites (N-methyl/N-ethyl adjacent to an activating group) is 1. The number of anilines is 2. The summed E-state index contributed by atoms with van der Waals surface area (Å²) in [7, 11) is 1.55. The van der Waals surface area contributed by atoms with Gasteiger partial charge in [0.2, 0.25) is 11.8 Å². The normalized spacial score (nSPS) is 15.7. The summed E-state index contributed by atoms with van der Waals surface area (Å²) in [5.41, 5.74) is 2.50. The molecule has 4 heterocycles. The highest BCUT2D eigenvalue weighted by atomic mass is 16.5. The van der Waals surface area contributed by atoms with Gasteiger partial charge in [0, 0.05) is 38.7 Å². The van der Waals surface area contributed by atoms with E-state index in [1.807, 2.05) is 35.4 Å². The SMILES string of the molecule is CCOc1nc(N2CC[C@@H](N(C)C(=O)O)C2)ncc1C(=O)Nc1ccc2nc(C)cn2c1. The van der Waals surface area contributed by atoms with E-state index in [-0.39, 0.29) is 23.4 Å². The molecule has 1 atom stereocenters. The minimum absolute atomic E-state index is 0.142. The number of hydrogen-bond acceptors (Lipinski definition) is 7. The van der Waals surface area contributed by atoms with Gasteiger partial charge < -0.3 is 29.4 Å². The molecule has 1 saturated heterocycles. The summed E-state index contributed by atoms with van der Waals surface area (Å²) in [4.78, 5) is 40.5. The Bertz CT molecular complexity index is 1160. The summed E-state index contributed by atoms with van der Waals surface area (Å²) in [5.74, 6) is 0.201. The lowest BCUT2D eigenvalue weighted by atomic mass is 10.2. The Morgan fingerprint density at radius 2 is 2.12 bits per heavy atom. The van der Waals surface area contributed by atoms with E-state index in [1.54, 1.807) is 19.3 Å². The van der Waals surface area contributed by atoms with Crippen molar-refractivity contribution < 1.29 is 19.4 Å². The summed E-state index contributed by atoms with van der Waals surface area (Å²) in [6.45, 7) is 5.14. The van der Waals surface area contributed by atoms with E-state index in [9.17, 15) is 14.7 Å². The lowest BCUT2D eigenvalue weighted by Gasteiger charge is -2.22. The molecule has 0 bridgehead atoms. The van der Waals surface area contributed by atoms with Gasteiger partial charge in [0.05, 0.1) is 24.0 Å². The molecular weight excluding hydrogens is 414 g/mol. The van der Waals surface area contributed by atoms with Crippen LogP contribution in [0.1, 0.15) is 29.4 Å². The van der Waals surface area contributed by atoms with Gasteiger partial charge in [-0.05, 0) is 32.4 Å². The molecule has 0 radical (unpaired) electrons. The number of nitrogens with one attached hydrogen (secondary N) is 1. The van der Waals surface area contributed by atoms with Gasteiger partial charge in [-0.15, -0.1) is 0 Å². The molecule has 0 saturated carbocycles. The molecule has 0 aliphatic carbocycles. The Balaban J connectivity index is 1.53. The molecule has 1 aliphatic heterocycles. The predicted molar refractivity (Wildman–Crippen MR) is 117 cm³/mol. The standard InChI is InChI=1S/C21H25N7O4/c1-4-32-19-16(18(29)24-14-5-6-17-23-13(2)10-28(17)11-14)9-22-20(25-19)27-8-7-15(12-27)26(3)21(30)31/h5-6,9-11,15H,4,7-8,12H2,1-3H3,(H,24,29)(H,30,31)/t15-/m1/s1. The number of ether oxygens (including phenoxy) is 1. The number of imidazole rings is 1. The fourth-order valence-corrected chi connectivity index (χ4v) is 3.70. The molecule has 0 spiro atoms. The highest BCUT2D eigenvalue weighted by Gasteiger charge is 2.30. The average Bonchev–Trinajstić information content (AvgIpc) is 3.39. The zero-order valence-corrected chi connectivity index (χ0v) is 18.1. The minimum Gasteiger partial charge on any atom is -0.477 e. The van der Waals surface area contributed by atoms with Gasteiger partial charge in [0.1, 0.15) is 11.2 Å². The third-order valence-electron chi connectivity index (χ3n) is 5.39. The quantitative estimate of drug-likeness (QED) is 0.599. The second kappa shape index (κ2) is 8.69. The number of carboxylic acid groups (broad SMARTS) is 1. The highest BCUT2D eigenvalue weighted by Crippen LogP contribution is 2.24. The Morgan fingerprint density at radius 1 is 1.31 bits per heavy atom. The second-order valence-corrected chi connectivity index (χ2v) is 7.62. The molecule has 4 rings (SSSR count). The molecule has 168 valence electrons. The maximum Gasteiger partial charge on any atom is 0.407 e. The van der Waals surface area contributed by atoms with Crippen LogP contribution in [-0.2, 0) is 0 Å². The highest BCUT2D eigenvalue weighted by molar-refractivity contribution is 6.05. The number of rotatable bonds is 6. The first-order valence-corrected chi connectivity index (χ1v) is 10.3. The van der Waals surface area contributed by atoms with E-state index in [2.05, 4.69) is 20.3 Å². The largest absolute Gasteiger partial charge is 0.477 e. The fourth-order valence-electron chi connectivity index (χ4n) is 3.70. The molecule has 3 aromatic rings. The van der Waals surface area contributed by atoms with E-state index in [0.29, 0.717) is 37.8 Å². The van der Waals surface area contributed by atoms with Crippen LogP contribution in [0.4, 0.5) is 16.4 Å². The first-order valence-electron chi connectivity index (χ1n) is 10.3. The van der Waals surface area contributed by atoms with E-state index in [4.69, 9.17) is 4.74 Å². The molecule has 11 nitrogen and oxygen atoms in total. The van der Waals surface area contributed by atoms with Crippen molar-refractivity contribution in [1.29, 1.82) is 0 Å².